The SMILES string of the molecule is O=C1CC[C@@H](CN(C(=O)O)[C@@H]2CCCc3cc(Br)ccc32)N1. The number of aryl methyl sites for hydroxylation is 1. The molecule has 0 radical (unpaired) electrons. The van der Waals surface area contributed by atoms with Crippen molar-refractivity contribution in [3.63, 3.8) is 0 Å². The summed E-state index contributed by atoms with van der Waals surface area (Å²) in [5.41, 5.74) is 2.31. The van der Waals surface area contributed by atoms with Gasteiger partial charge in [0, 0.05) is 23.5 Å². The molecule has 1 fully saturated rings. The molecule has 118 valence electrons. The number of nitrogens with one attached hydrogen (secondary N) is 1. The summed E-state index contributed by atoms with van der Waals surface area (Å²) >= 11 is 3.48. The molecule has 2 atom stereocenters. The highest BCUT2D eigenvalue weighted by Crippen LogP contribution is 2.36. The molecular formula is C16H19BrN2O3. The third kappa shape index (κ3) is 3.11. The molecule has 1 aromatic carbocycles. The van der Waals surface area contributed by atoms with Crippen LogP contribution < -0.4 is 5.32 Å². The lowest BCUT2D eigenvalue weighted by Gasteiger charge is -2.35. The molecule has 6 heteroatoms. The van der Waals surface area contributed by atoms with Crippen LogP contribution in [0.1, 0.15) is 42.9 Å². The van der Waals surface area contributed by atoms with Crippen molar-refractivity contribution in [2.45, 2.75) is 44.2 Å². The molecule has 2 amide bonds. The van der Waals surface area contributed by atoms with E-state index in [1.807, 2.05) is 12.1 Å². The fourth-order valence-corrected chi connectivity index (χ4v) is 3.88. The summed E-state index contributed by atoms with van der Waals surface area (Å²) in [5, 5.41) is 12.5. The Morgan fingerprint density at radius 3 is 2.86 bits per heavy atom. The first-order chi connectivity index (χ1) is 10.5. The first-order valence-corrected chi connectivity index (χ1v) is 8.41. The Labute approximate surface area is 137 Å². The summed E-state index contributed by atoms with van der Waals surface area (Å²) in [7, 11) is 0. The van der Waals surface area contributed by atoms with E-state index >= 15 is 0 Å². The standard InChI is InChI=1S/C16H19BrN2O3/c17-11-4-6-13-10(8-11)2-1-3-14(13)19(16(21)22)9-12-5-7-15(20)18-12/h4,6,8,12,14H,1-3,5,7,9H2,(H,18,20)(H,21,22)/t12-,14+/m0/s1. The van der Waals surface area contributed by atoms with Gasteiger partial charge in [0.1, 0.15) is 0 Å². The molecule has 5 nitrogen and oxygen atoms in total. The lowest BCUT2D eigenvalue weighted by molar-refractivity contribution is -0.119. The quantitative estimate of drug-likeness (QED) is 0.863. The van der Waals surface area contributed by atoms with Crippen LogP contribution in [-0.2, 0) is 11.2 Å². The predicted molar refractivity (Wildman–Crippen MR) is 85.7 cm³/mol. The van der Waals surface area contributed by atoms with Gasteiger partial charge in [0.2, 0.25) is 5.91 Å². The molecule has 1 saturated heterocycles. The van der Waals surface area contributed by atoms with Crippen LogP contribution in [0, 0.1) is 0 Å². The van der Waals surface area contributed by atoms with E-state index in [-0.39, 0.29) is 18.0 Å². The number of amides is 2. The summed E-state index contributed by atoms with van der Waals surface area (Å²) < 4.78 is 1.02. The first kappa shape index (κ1) is 15.3. The Kier molecular flexibility index (Phi) is 4.38. The van der Waals surface area contributed by atoms with Gasteiger partial charge in [-0.2, -0.15) is 0 Å². The monoisotopic (exact) mass is 366 g/mol. The first-order valence-electron chi connectivity index (χ1n) is 7.62. The molecule has 2 aliphatic rings. The van der Waals surface area contributed by atoms with Crippen LogP contribution in [0.5, 0.6) is 0 Å². The highest BCUT2D eigenvalue weighted by Gasteiger charge is 2.32. The fourth-order valence-electron chi connectivity index (χ4n) is 3.47. The third-order valence-corrected chi connectivity index (χ3v) is 5.00. The average molecular weight is 367 g/mol. The second kappa shape index (κ2) is 6.28. The van der Waals surface area contributed by atoms with Gasteiger partial charge in [0.15, 0.2) is 0 Å². The molecule has 0 bridgehead atoms. The van der Waals surface area contributed by atoms with E-state index in [9.17, 15) is 14.7 Å². The zero-order valence-corrected chi connectivity index (χ0v) is 13.8. The van der Waals surface area contributed by atoms with Crippen LogP contribution >= 0.6 is 15.9 Å². The van der Waals surface area contributed by atoms with Crippen LogP contribution in [0.3, 0.4) is 0 Å². The van der Waals surface area contributed by atoms with Crippen molar-refractivity contribution < 1.29 is 14.7 Å². The zero-order valence-electron chi connectivity index (χ0n) is 12.2. The van der Waals surface area contributed by atoms with Gasteiger partial charge in [-0.3, -0.25) is 9.69 Å². The summed E-state index contributed by atoms with van der Waals surface area (Å²) in [4.78, 5) is 24.6. The number of hydrogen-bond donors (Lipinski definition) is 2. The summed E-state index contributed by atoms with van der Waals surface area (Å²) in [6, 6.07) is 5.89. The molecule has 1 aliphatic carbocycles. The highest BCUT2D eigenvalue weighted by molar-refractivity contribution is 9.10. The van der Waals surface area contributed by atoms with E-state index in [1.54, 1.807) is 0 Å². The lowest BCUT2D eigenvalue weighted by atomic mass is 9.86. The third-order valence-electron chi connectivity index (χ3n) is 4.51. The highest BCUT2D eigenvalue weighted by atomic mass is 79.9. The number of halogens is 1. The molecule has 0 saturated carbocycles. The van der Waals surface area contributed by atoms with Crippen molar-refractivity contribution in [2.75, 3.05) is 6.54 Å². The van der Waals surface area contributed by atoms with Crippen LogP contribution in [0.25, 0.3) is 0 Å². The van der Waals surface area contributed by atoms with Crippen LogP contribution in [0.4, 0.5) is 4.79 Å². The molecule has 0 aromatic heterocycles. The predicted octanol–water partition coefficient (Wildman–Crippen LogP) is 3.09. The van der Waals surface area contributed by atoms with Gasteiger partial charge in [-0.15, -0.1) is 0 Å². The maximum Gasteiger partial charge on any atom is 0.407 e. The summed E-state index contributed by atoms with van der Waals surface area (Å²) in [6.07, 6.45) is 3.09. The topological polar surface area (TPSA) is 69.6 Å². The lowest BCUT2D eigenvalue weighted by Crippen LogP contribution is -2.44. The van der Waals surface area contributed by atoms with Crippen LogP contribution in [-0.4, -0.2) is 34.6 Å². The van der Waals surface area contributed by atoms with E-state index in [4.69, 9.17) is 0 Å². The Morgan fingerprint density at radius 1 is 1.36 bits per heavy atom. The van der Waals surface area contributed by atoms with Gasteiger partial charge in [-0.05, 0) is 48.9 Å². The number of carbonyl (C=O) groups excluding carboxylic acids is 1. The Bertz CT molecular complexity index is 605. The number of nitrogens with zero attached hydrogens (tertiary/aromatic N) is 1. The maximum atomic E-state index is 11.7. The van der Waals surface area contributed by atoms with E-state index in [0.29, 0.717) is 19.4 Å². The minimum atomic E-state index is -0.915. The minimum absolute atomic E-state index is 0.0170. The fraction of sp³-hybridized carbons (Fsp3) is 0.500. The number of benzene rings is 1. The Morgan fingerprint density at radius 2 is 2.18 bits per heavy atom. The molecule has 3 rings (SSSR count). The van der Waals surface area contributed by atoms with Crippen molar-refractivity contribution in [1.29, 1.82) is 0 Å². The van der Waals surface area contributed by atoms with E-state index in [0.717, 1.165) is 29.3 Å². The molecule has 1 aromatic rings. The molecule has 2 N–H and O–H groups in total. The zero-order chi connectivity index (χ0) is 15.7. The van der Waals surface area contributed by atoms with Gasteiger partial charge >= 0.3 is 6.09 Å². The average Bonchev–Trinajstić information content (AvgIpc) is 2.89. The molecule has 1 aliphatic heterocycles. The van der Waals surface area contributed by atoms with Crippen LogP contribution in [0.2, 0.25) is 0 Å². The molecule has 0 spiro atoms. The van der Waals surface area contributed by atoms with Crippen molar-refractivity contribution in [3.8, 4) is 0 Å². The number of hydrogen-bond acceptors (Lipinski definition) is 2. The maximum absolute atomic E-state index is 11.7. The largest absolute Gasteiger partial charge is 0.465 e. The normalized spacial score (nSPS) is 23.8. The van der Waals surface area contributed by atoms with Gasteiger partial charge < -0.3 is 10.4 Å². The molecule has 22 heavy (non-hydrogen) atoms. The van der Waals surface area contributed by atoms with E-state index in [1.165, 1.54) is 10.5 Å². The molecular weight excluding hydrogens is 348 g/mol. The van der Waals surface area contributed by atoms with Gasteiger partial charge in [-0.25, -0.2) is 4.79 Å². The Balaban J connectivity index is 1.83. The number of carboxylic acid groups (broad SMARTS) is 1. The second-order valence-corrected chi connectivity index (χ2v) is 6.90. The minimum Gasteiger partial charge on any atom is -0.465 e. The molecule has 1 heterocycles. The number of rotatable bonds is 3. The van der Waals surface area contributed by atoms with Crippen molar-refractivity contribution in [2.24, 2.45) is 0 Å². The molecule has 0 unspecified atom stereocenters. The van der Waals surface area contributed by atoms with E-state index in [2.05, 4.69) is 27.3 Å². The second-order valence-electron chi connectivity index (χ2n) is 5.99. The van der Waals surface area contributed by atoms with Gasteiger partial charge in [-0.1, -0.05) is 22.0 Å². The Hall–Kier alpha value is -1.56. The number of fused-ring (bicyclic) bond motifs is 1. The number of carbonyl (C=O) groups is 2. The summed E-state index contributed by atoms with van der Waals surface area (Å²) in [5.74, 6) is 0.0170. The van der Waals surface area contributed by atoms with E-state index < -0.39 is 6.09 Å². The van der Waals surface area contributed by atoms with Gasteiger partial charge in [0.25, 0.3) is 0 Å². The smallest absolute Gasteiger partial charge is 0.407 e. The summed E-state index contributed by atoms with van der Waals surface area (Å²) in [6.45, 7) is 0.362. The van der Waals surface area contributed by atoms with Gasteiger partial charge in [0.05, 0.1) is 6.04 Å². The van der Waals surface area contributed by atoms with Crippen LogP contribution in [0.15, 0.2) is 22.7 Å². The van der Waals surface area contributed by atoms with Crippen molar-refractivity contribution in [3.05, 3.63) is 33.8 Å². The van der Waals surface area contributed by atoms with Crippen molar-refractivity contribution >= 4 is 27.9 Å². The van der Waals surface area contributed by atoms with Crippen molar-refractivity contribution in [1.82, 2.24) is 10.2 Å².